The Kier molecular flexibility index (Phi) is 11.6. The van der Waals surface area contributed by atoms with Crippen molar-refractivity contribution >= 4 is 57.0 Å². The van der Waals surface area contributed by atoms with Gasteiger partial charge in [-0.05, 0) is 87.5 Å². The standard InChI is InChI=1S/C60H56N5.Pt/c1-58(2,3)41-33-42(59(4,5)6)35-46(34-41)62-40-63(55-28-18-17-27-54(55)62)47-36-43(60(7,8)9)37-48(38-47)64(44-21-11-10-12-22-44)45-30-31-52-50-24-14-13-23-49(50)51-25-15-16-26-53(51)65(56(52)39-45)57-29-19-20-32-61-57;/h10-37,40H,1-9H3;/q-3;. The van der Waals surface area contributed by atoms with Gasteiger partial charge in [-0.2, -0.15) is 6.07 Å². The SMILES string of the molecule is CC(C)(C)c1cc(N2[CH-]N(c3cc(C(C)(C)C)cc(C(C)(C)C)c3)c3ccccc32)[c-]c(N(c2[c-]c3c(cc2)-c2ccccc2-c2ccccc2N3c2ccccn2)c2ccccc2)c1.[Pt]. The van der Waals surface area contributed by atoms with E-state index < -0.39 is 0 Å². The number of aromatic nitrogens is 1. The second kappa shape index (κ2) is 17.1. The molecule has 6 heteroatoms. The Morgan fingerprint density at radius 1 is 0.470 bits per heavy atom. The Morgan fingerprint density at radius 2 is 1.02 bits per heavy atom. The summed E-state index contributed by atoms with van der Waals surface area (Å²) in [5.74, 6) is 0.827. The normalized spacial score (nSPS) is 13.3. The van der Waals surface area contributed by atoms with E-state index in [4.69, 9.17) is 4.98 Å². The third kappa shape index (κ3) is 8.24. The third-order valence-corrected chi connectivity index (χ3v) is 12.7. The van der Waals surface area contributed by atoms with Crippen LogP contribution in [-0.2, 0) is 37.3 Å². The van der Waals surface area contributed by atoms with Crippen molar-refractivity contribution in [3.63, 3.8) is 0 Å². The molecular formula is C60H56N5Pt-3. The molecule has 0 bridgehead atoms. The van der Waals surface area contributed by atoms with Gasteiger partial charge < -0.3 is 19.6 Å². The van der Waals surface area contributed by atoms with Crippen molar-refractivity contribution in [2.45, 2.75) is 78.6 Å². The Hall–Kier alpha value is -6.42. The van der Waals surface area contributed by atoms with Gasteiger partial charge in [0, 0.05) is 55.6 Å². The second-order valence-corrected chi connectivity index (χ2v) is 20.4. The van der Waals surface area contributed by atoms with Gasteiger partial charge >= 0.3 is 0 Å². The van der Waals surface area contributed by atoms with Gasteiger partial charge in [0.25, 0.3) is 0 Å². The molecule has 0 saturated heterocycles. The summed E-state index contributed by atoms with van der Waals surface area (Å²) in [5, 5.41) is 0. The molecule has 0 radical (unpaired) electrons. The molecule has 2 aliphatic rings. The number of nitrogens with zero attached hydrogens (tertiary/aromatic N) is 5. The molecule has 0 amide bonds. The Labute approximate surface area is 406 Å². The van der Waals surface area contributed by atoms with Crippen LogP contribution >= 0.6 is 0 Å². The van der Waals surface area contributed by atoms with Gasteiger partial charge in [-0.15, -0.1) is 53.8 Å². The van der Waals surface area contributed by atoms with E-state index in [1.807, 2.05) is 12.3 Å². The van der Waals surface area contributed by atoms with Gasteiger partial charge in [-0.3, -0.25) is 0 Å². The number of hydrogen-bond acceptors (Lipinski definition) is 5. The summed E-state index contributed by atoms with van der Waals surface area (Å²) < 4.78 is 0. The minimum atomic E-state index is -0.177. The van der Waals surface area contributed by atoms with E-state index in [0.717, 1.165) is 73.7 Å². The maximum atomic E-state index is 4.94. The molecule has 0 saturated carbocycles. The first-order valence-electron chi connectivity index (χ1n) is 22.7. The Balaban J connectivity index is 0.00000548. The molecule has 66 heavy (non-hydrogen) atoms. The number of anilines is 10. The second-order valence-electron chi connectivity index (χ2n) is 20.4. The average molecular weight is 1040 g/mol. The van der Waals surface area contributed by atoms with Crippen LogP contribution in [0.5, 0.6) is 0 Å². The molecule has 0 N–H and O–H groups in total. The van der Waals surface area contributed by atoms with Crippen molar-refractivity contribution in [3.05, 3.63) is 205 Å². The van der Waals surface area contributed by atoms with E-state index in [2.05, 4.69) is 258 Å². The summed E-state index contributed by atoms with van der Waals surface area (Å²) in [6.45, 7) is 22.9. The van der Waals surface area contributed by atoms with Crippen LogP contribution in [0.4, 0.5) is 57.0 Å². The molecule has 0 aliphatic carbocycles. The van der Waals surface area contributed by atoms with Crippen LogP contribution in [-0.4, -0.2) is 4.98 Å². The number of pyridine rings is 1. The van der Waals surface area contributed by atoms with Gasteiger partial charge in [0.05, 0.1) is 5.69 Å². The van der Waals surface area contributed by atoms with E-state index in [0.29, 0.717) is 0 Å². The number of rotatable bonds is 6. The first-order chi connectivity index (χ1) is 31.1. The maximum Gasteiger partial charge on any atom is 0.135 e. The van der Waals surface area contributed by atoms with Crippen molar-refractivity contribution in [2.75, 3.05) is 19.6 Å². The van der Waals surface area contributed by atoms with Crippen LogP contribution < -0.4 is 19.6 Å². The van der Waals surface area contributed by atoms with Crippen LogP contribution in [0.25, 0.3) is 22.3 Å². The zero-order chi connectivity index (χ0) is 45.3. The fraction of sp³-hybridized carbons (Fsp3) is 0.200. The smallest absolute Gasteiger partial charge is 0.135 e. The molecular weight excluding hydrogens is 986 g/mol. The first-order valence-corrected chi connectivity index (χ1v) is 22.7. The van der Waals surface area contributed by atoms with Crippen molar-refractivity contribution in [1.29, 1.82) is 0 Å². The summed E-state index contributed by atoms with van der Waals surface area (Å²) in [5.41, 5.74) is 17.3. The van der Waals surface area contributed by atoms with Crippen LogP contribution in [0.1, 0.15) is 79.0 Å². The number of benzene rings is 7. The van der Waals surface area contributed by atoms with E-state index >= 15 is 0 Å². The fourth-order valence-corrected chi connectivity index (χ4v) is 9.02. The number of para-hydroxylation sites is 4. The summed E-state index contributed by atoms with van der Waals surface area (Å²) in [6, 6.07) is 67.0. The van der Waals surface area contributed by atoms with E-state index in [1.165, 1.54) is 22.3 Å². The molecule has 0 spiro atoms. The van der Waals surface area contributed by atoms with Gasteiger partial charge in [-0.25, -0.2) is 4.98 Å². The van der Waals surface area contributed by atoms with Gasteiger partial charge in [-0.1, -0.05) is 170 Å². The van der Waals surface area contributed by atoms with Crippen LogP contribution in [0.3, 0.4) is 0 Å². The number of fused-ring (bicyclic) bond motifs is 6. The van der Waals surface area contributed by atoms with Crippen molar-refractivity contribution in [1.82, 2.24) is 4.98 Å². The number of hydrogen-bond donors (Lipinski definition) is 0. The monoisotopic (exact) mass is 1040 g/mol. The van der Waals surface area contributed by atoms with Crippen molar-refractivity contribution in [2.24, 2.45) is 0 Å². The summed E-state index contributed by atoms with van der Waals surface area (Å²) in [6.07, 6.45) is 1.86. The van der Waals surface area contributed by atoms with Crippen LogP contribution in [0.2, 0.25) is 0 Å². The van der Waals surface area contributed by atoms with E-state index in [1.54, 1.807) is 0 Å². The molecule has 10 rings (SSSR count). The first kappa shape index (κ1) is 44.8. The average Bonchev–Trinajstić information content (AvgIpc) is 3.64. The molecule has 2 aliphatic heterocycles. The zero-order valence-corrected chi connectivity index (χ0v) is 41.6. The maximum absolute atomic E-state index is 4.94. The summed E-state index contributed by atoms with van der Waals surface area (Å²) in [4.78, 5) is 14.2. The van der Waals surface area contributed by atoms with E-state index in [9.17, 15) is 0 Å². The zero-order valence-electron chi connectivity index (χ0n) is 39.3. The van der Waals surface area contributed by atoms with Gasteiger partial charge in [0.1, 0.15) is 5.82 Å². The predicted octanol–water partition coefficient (Wildman–Crippen LogP) is 16.6. The largest absolute Gasteiger partial charge is 0.493 e. The van der Waals surface area contributed by atoms with Crippen LogP contribution in [0.15, 0.2) is 170 Å². The Bertz CT molecular complexity index is 3020. The predicted molar refractivity (Wildman–Crippen MR) is 273 cm³/mol. The minimum Gasteiger partial charge on any atom is -0.493 e. The Morgan fingerprint density at radius 3 is 1.64 bits per heavy atom. The molecule has 8 aromatic rings. The molecule has 7 aromatic carbocycles. The molecule has 334 valence electrons. The minimum absolute atomic E-state index is 0. The molecule has 0 unspecified atom stereocenters. The fourth-order valence-electron chi connectivity index (χ4n) is 9.02. The topological polar surface area (TPSA) is 25.9 Å². The van der Waals surface area contributed by atoms with Crippen molar-refractivity contribution < 1.29 is 21.1 Å². The molecule has 0 atom stereocenters. The van der Waals surface area contributed by atoms with Gasteiger partial charge in [0.15, 0.2) is 0 Å². The quantitative estimate of drug-likeness (QED) is 0.155. The molecule has 1 aromatic heterocycles. The molecule has 3 heterocycles. The van der Waals surface area contributed by atoms with Gasteiger partial charge in [0.2, 0.25) is 0 Å². The summed E-state index contributed by atoms with van der Waals surface area (Å²) in [7, 11) is 0. The molecule has 0 fully saturated rings. The third-order valence-electron chi connectivity index (χ3n) is 12.7. The van der Waals surface area contributed by atoms with Crippen molar-refractivity contribution in [3.8, 4) is 22.3 Å². The summed E-state index contributed by atoms with van der Waals surface area (Å²) >= 11 is 0. The van der Waals surface area contributed by atoms with E-state index in [-0.39, 0.29) is 37.3 Å². The molecule has 5 nitrogen and oxygen atoms in total. The van der Waals surface area contributed by atoms with Crippen LogP contribution in [0, 0.1) is 18.8 Å².